The average Bonchev–Trinajstić information content (AvgIpc) is 2.72. The predicted octanol–water partition coefficient (Wildman–Crippen LogP) is 0.363. The smallest absolute Gasteiger partial charge is 0.0996 e. The monoisotopic (exact) mass is 177 g/mol. The molecule has 0 fully saturated rings. The van der Waals surface area contributed by atoms with Gasteiger partial charge in [0.05, 0.1) is 17.1 Å². The van der Waals surface area contributed by atoms with Crippen molar-refractivity contribution in [1.29, 1.82) is 0 Å². The van der Waals surface area contributed by atoms with Gasteiger partial charge in [0.1, 0.15) is 0 Å². The molecule has 5 nitrogen and oxygen atoms in total. The number of nitrogens with one attached hydrogen (secondary N) is 1. The van der Waals surface area contributed by atoms with E-state index < -0.39 is 0 Å². The molecular formula is C8H11N5. The van der Waals surface area contributed by atoms with Crippen LogP contribution in [0.2, 0.25) is 0 Å². The van der Waals surface area contributed by atoms with Crippen LogP contribution < -0.4 is 5.73 Å². The van der Waals surface area contributed by atoms with Crippen LogP contribution in [0.15, 0.2) is 18.5 Å². The fraction of sp³-hybridized carbons (Fsp3) is 0.250. The first-order chi connectivity index (χ1) is 6.33. The summed E-state index contributed by atoms with van der Waals surface area (Å²) in [6.07, 6.45) is 3.71. The van der Waals surface area contributed by atoms with Crippen LogP contribution in [0.4, 0.5) is 0 Å². The number of H-pyrrole nitrogens is 1. The van der Waals surface area contributed by atoms with Crippen molar-refractivity contribution in [3.63, 3.8) is 0 Å². The van der Waals surface area contributed by atoms with Crippen molar-refractivity contribution in [3.05, 3.63) is 29.8 Å². The van der Waals surface area contributed by atoms with Crippen LogP contribution in [0.1, 0.15) is 11.4 Å². The molecule has 2 heterocycles. The topological polar surface area (TPSA) is 72.5 Å². The summed E-state index contributed by atoms with van der Waals surface area (Å²) in [5.41, 5.74) is 8.29. The third kappa shape index (κ3) is 1.23. The maximum atomic E-state index is 5.49. The molecular weight excluding hydrogens is 166 g/mol. The Balaban J connectivity index is 2.48. The molecule has 0 aliphatic heterocycles. The molecule has 2 aromatic rings. The van der Waals surface area contributed by atoms with Crippen molar-refractivity contribution >= 4 is 0 Å². The van der Waals surface area contributed by atoms with Crippen molar-refractivity contribution < 1.29 is 0 Å². The second-order valence-electron chi connectivity index (χ2n) is 2.81. The van der Waals surface area contributed by atoms with Gasteiger partial charge in [-0.25, -0.2) is 4.68 Å². The number of nitrogens with zero attached hydrogens (tertiary/aromatic N) is 3. The maximum Gasteiger partial charge on any atom is 0.0996 e. The summed E-state index contributed by atoms with van der Waals surface area (Å²) in [5, 5.41) is 7.96. The Bertz CT molecular complexity index is 387. The third-order valence-electron chi connectivity index (χ3n) is 2.01. The summed E-state index contributed by atoms with van der Waals surface area (Å²) in [4.78, 5) is 2.96. The number of hydrogen-bond acceptors (Lipinski definition) is 3. The zero-order valence-electron chi connectivity index (χ0n) is 7.36. The molecule has 0 atom stereocenters. The van der Waals surface area contributed by atoms with Gasteiger partial charge in [0.15, 0.2) is 0 Å². The van der Waals surface area contributed by atoms with E-state index in [-0.39, 0.29) is 0 Å². The van der Waals surface area contributed by atoms with Gasteiger partial charge in [-0.3, -0.25) is 0 Å². The van der Waals surface area contributed by atoms with Crippen molar-refractivity contribution in [2.45, 2.75) is 13.5 Å². The molecule has 68 valence electrons. The molecule has 0 amide bonds. The molecule has 2 aromatic heterocycles. The predicted molar refractivity (Wildman–Crippen MR) is 48.3 cm³/mol. The van der Waals surface area contributed by atoms with E-state index in [2.05, 4.69) is 15.3 Å². The average molecular weight is 177 g/mol. The van der Waals surface area contributed by atoms with Crippen LogP contribution in [0.5, 0.6) is 0 Å². The van der Waals surface area contributed by atoms with Crippen LogP contribution in [0.3, 0.4) is 0 Å². The van der Waals surface area contributed by atoms with E-state index in [0.29, 0.717) is 6.54 Å². The molecule has 5 heteroatoms. The Morgan fingerprint density at radius 1 is 1.62 bits per heavy atom. The van der Waals surface area contributed by atoms with Crippen LogP contribution >= 0.6 is 0 Å². The van der Waals surface area contributed by atoms with E-state index in [1.807, 2.05) is 25.4 Å². The molecule has 0 saturated heterocycles. The highest BCUT2D eigenvalue weighted by molar-refractivity contribution is 5.29. The van der Waals surface area contributed by atoms with Crippen LogP contribution in [0.25, 0.3) is 5.69 Å². The first-order valence-corrected chi connectivity index (χ1v) is 4.07. The quantitative estimate of drug-likeness (QED) is 0.695. The van der Waals surface area contributed by atoms with Crippen LogP contribution in [-0.2, 0) is 6.54 Å². The minimum Gasteiger partial charge on any atom is -0.366 e. The first kappa shape index (κ1) is 8.00. The molecule has 0 unspecified atom stereocenters. The van der Waals surface area contributed by atoms with Gasteiger partial charge in [-0.1, -0.05) is 5.21 Å². The highest BCUT2D eigenvalue weighted by Gasteiger charge is 2.07. The lowest BCUT2D eigenvalue weighted by Crippen LogP contribution is -2.01. The SMILES string of the molecule is Cc1c(CN)nnn1-c1cc[nH]c1. The van der Waals surface area contributed by atoms with Crippen molar-refractivity contribution in [1.82, 2.24) is 20.0 Å². The first-order valence-electron chi connectivity index (χ1n) is 4.07. The summed E-state index contributed by atoms with van der Waals surface area (Å²) >= 11 is 0. The second-order valence-corrected chi connectivity index (χ2v) is 2.81. The van der Waals surface area contributed by atoms with E-state index in [1.54, 1.807) is 4.68 Å². The lowest BCUT2D eigenvalue weighted by atomic mass is 10.3. The van der Waals surface area contributed by atoms with Gasteiger partial charge in [-0.2, -0.15) is 0 Å². The van der Waals surface area contributed by atoms with Crippen molar-refractivity contribution in [2.24, 2.45) is 5.73 Å². The molecule has 2 rings (SSSR count). The Kier molecular flexibility index (Phi) is 1.86. The van der Waals surface area contributed by atoms with Crippen molar-refractivity contribution in [3.8, 4) is 5.69 Å². The summed E-state index contributed by atoms with van der Waals surface area (Å²) in [6.45, 7) is 2.38. The van der Waals surface area contributed by atoms with Crippen LogP contribution in [-0.4, -0.2) is 20.0 Å². The Morgan fingerprint density at radius 3 is 3.00 bits per heavy atom. The lowest BCUT2D eigenvalue weighted by molar-refractivity contribution is 0.783. The molecule has 0 spiro atoms. The van der Waals surface area contributed by atoms with Crippen LogP contribution in [0, 0.1) is 6.92 Å². The largest absolute Gasteiger partial charge is 0.366 e. The molecule has 0 aromatic carbocycles. The van der Waals surface area contributed by atoms with Gasteiger partial charge >= 0.3 is 0 Å². The van der Waals surface area contributed by atoms with Gasteiger partial charge in [0.2, 0.25) is 0 Å². The van der Waals surface area contributed by atoms with E-state index in [4.69, 9.17) is 5.73 Å². The molecule has 0 aliphatic carbocycles. The summed E-state index contributed by atoms with van der Waals surface area (Å²) in [6, 6.07) is 1.93. The van der Waals surface area contributed by atoms with Gasteiger partial charge < -0.3 is 10.7 Å². The summed E-state index contributed by atoms with van der Waals surface area (Å²) < 4.78 is 1.76. The highest BCUT2D eigenvalue weighted by Crippen LogP contribution is 2.09. The maximum absolute atomic E-state index is 5.49. The fourth-order valence-electron chi connectivity index (χ4n) is 1.24. The highest BCUT2D eigenvalue weighted by atomic mass is 15.4. The normalized spacial score (nSPS) is 10.6. The van der Waals surface area contributed by atoms with Gasteiger partial charge in [-0.05, 0) is 13.0 Å². The van der Waals surface area contributed by atoms with Gasteiger partial charge in [-0.15, -0.1) is 5.10 Å². The zero-order chi connectivity index (χ0) is 9.26. The number of aromatic amines is 1. The minimum atomic E-state index is 0.427. The number of hydrogen-bond donors (Lipinski definition) is 2. The van der Waals surface area contributed by atoms with Gasteiger partial charge in [0, 0.05) is 18.9 Å². The minimum absolute atomic E-state index is 0.427. The third-order valence-corrected chi connectivity index (χ3v) is 2.01. The zero-order valence-corrected chi connectivity index (χ0v) is 7.36. The van der Waals surface area contributed by atoms with Gasteiger partial charge in [0.25, 0.3) is 0 Å². The van der Waals surface area contributed by atoms with E-state index in [1.165, 1.54) is 0 Å². The van der Waals surface area contributed by atoms with Crippen molar-refractivity contribution in [2.75, 3.05) is 0 Å². The number of aromatic nitrogens is 4. The molecule has 0 bridgehead atoms. The lowest BCUT2D eigenvalue weighted by Gasteiger charge is -1.98. The van der Waals surface area contributed by atoms with E-state index in [9.17, 15) is 0 Å². The summed E-state index contributed by atoms with van der Waals surface area (Å²) in [7, 11) is 0. The molecule has 0 saturated carbocycles. The molecule has 3 N–H and O–H groups in total. The standard InChI is InChI=1S/C8H11N5/c1-6-8(4-9)11-12-13(6)7-2-3-10-5-7/h2-3,5,10H,4,9H2,1H3. The molecule has 0 aliphatic rings. The van der Waals surface area contributed by atoms with E-state index in [0.717, 1.165) is 17.1 Å². The Labute approximate surface area is 75.6 Å². The number of rotatable bonds is 2. The Morgan fingerprint density at radius 2 is 2.46 bits per heavy atom. The summed E-state index contributed by atoms with van der Waals surface area (Å²) in [5.74, 6) is 0. The van der Waals surface area contributed by atoms with E-state index >= 15 is 0 Å². The Hall–Kier alpha value is -1.62. The molecule has 0 radical (unpaired) electrons. The molecule has 13 heavy (non-hydrogen) atoms. The fourth-order valence-corrected chi connectivity index (χ4v) is 1.24. The number of nitrogens with two attached hydrogens (primary N) is 1. The second kappa shape index (κ2) is 3.02.